The maximum Gasteiger partial charge on any atom is 0.174 e. The van der Waals surface area contributed by atoms with Crippen LogP contribution in [0.2, 0.25) is 10.0 Å². The van der Waals surface area contributed by atoms with Crippen LogP contribution in [-0.2, 0) is 6.54 Å². The van der Waals surface area contributed by atoms with Gasteiger partial charge < -0.3 is 14.6 Å². The number of thiocarbonyl (C=S) groups is 1. The molecule has 0 spiro atoms. The van der Waals surface area contributed by atoms with Crippen LogP contribution in [0.15, 0.2) is 58.5 Å². The summed E-state index contributed by atoms with van der Waals surface area (Å²) in [7, 11) is 0. The first-order valence-corrected chi connectivity index (χ1v) is 9.67. The topological polar surface area (TPSA) is 28.4 Å². The molecule has 0 saturated carbocycles. The summed E-state index contributed by atoms with van der Waals surface area (Å²) in [5.41, 5.74) is 0.755. The van der Waals surface area contributed by atoms with Gasteiger partial charge in [0.05, 0.1) is 18.8 Å². The minimum Gasteiger partial charge on any atom is -0.467 e. The Bertz CT molecular complexity index is 815. The number of nitrogens with one attached hydrogen (secondary N) is 1. The average molecular weight is 411 g/mol. The second-order valence-corrected chi connectivity index (χ2v) is 7.73. The molecule has 0 aliphatic rings. The Kier molecular flexibility index (Phi) is 6.02. The SMILES string of the molecule is CC(c1cccs1)N(Cc1ccco1)C(=S)Nc1cc(Cl)cc(Cl)c1. The van der Waals surface area contributed by atoms with Gasteiger partial charge in [-0.1, -0.05) is 29.3 Å². The van der Waals surface area contributed by atoms with Crippen molar-refractivity contribution in [1.29, 1.82) is 0 Å². The van der Waals surface area contributed by atoms with Crippen LogP contribution in [0.3, 0.4) is 0 Å². The van der Waals surface area contributed by atoms with E-state index in [9.17, 15) is 0 Å². The summed E-state index contributed by atoms with van der Waals surface area (Å²) in [6, 6.07) is 13.3. The van der Waals surface area contributed by atoms with Crippen LogP contribution in [0.25, 0.3) is 0 Å². The summed E-state index contributed by atoms with van der Waals surface area (Å²) in [6.07, 6.45) is 1.66. The lowest BCUT2D eigenvalue weighted by Gasteiger charge is -2.30. The van der Waals surface area contributed by atoms with Gasteiger partial charge in [0.2, 0.25) is 0 Å². The minimum atomic E-state index is 0.0970. The quantitative estimate of drug-likeness (QED) is 0.479. The first-order valence-electron chi connectivity index (χ1n) is 7.62. The van der Waals surface area contributed by atoms with Gasteiger partial charge in [-0.25, -0.2) is 0 Å². The molecule has 0 aliphatic heterocycles. The number of nitrogens with zero attached hydrogens (tertiary/aromatic N) is 1. The lowest BCUT2D eigenvalue weighted by molar-refractivity contribution is 0.306. The van der Waals surface area contributed by atoms with Crippen molar-refractivity contribution in [3.8, 4) is 0 Å². The van der Waals surface area contributed by atoms with Gasteiger partial charge in [-0.3, -0.25) is 0 Å². The zero-order chi connectivity index (χ0) is 17.8. The van der Waals surface area contributed by atoms with Gasteiger partial charge in [0.1, 0.15) is 5.76 Å². The zero-order valence-electron chi connectivity index (χ0n) is 13.4. The van der Waals surface area contributed by atoms with Gasteiger partial charge in [0, 0.05) is 20.6 Å². The molecule has 0 saturated heterocycles. The molecule has 3 nitrogen and oxygen atoms in total. The highest BCUT2D eigenvalue weighted by atomic mass is 35.5. The Hall–Kier alpha value is -1.53. The standard InChI is InChI=1S/C18H16Cl2N2OS2/c1-12(17-5-3-7-25-17)22(11-16-4-2-6-23-16)18(24)21-15-9-13(19)8-14(20)10-15/h2-10,12H,11H2,1H3,(H,21,24). The Labute approximate surface area is 166 Å². The van der Waals surface area contributed by atoms with E-state index >= 15 is 0 Å². The Balaban J connectivity index is 1.83. The fourth-order valence-electron chi connectivity index (χ4n) is 2.46. The normalized spacial score (nSPS) is 12.0. The predicted molar refractivity (Wildman–Crippen MR) is 110 cm³/mol. The number of furan rings is 1. The smallest absolute Gasteiger partial charge is 0.174 e. The van der Waals surface area contributed by atoms with Gasteiger partial charge in [-0.15, -0.1) is 11.3 Å². The van der Waals surface area contributed by atoms with Gasteiger partial charge >= 0.3 is 0 Å². The van der Waals surface area contributed by atoms with E-state index in [4.69, 9.17) is 39.8 Å². The van der Waals surface area contributed by atoms with E-state index in [1.807, 2.05) is 18.2 Å². The summed E-state index contributed by atoms with van der Waals surface area (Å²) >= 11 is 19.5. The molecule has 0 bridgehead atoms. The van der Waals surface area contributed by atoms with Crippen molar-refractivity contribution in [2.24, 2.45) is 0 Å². The molecule has 0 amide bonds. The van der Waals surface area contributed by atoms with Crippen LogP contribution in [0, 0.1) is 0 Å². The van der Waals surface area contributed by atoms with E-state index in [1.165, 1.54) is 4.88 Å². The van der Waals surface area contributed by atoms with Gasteiger partial charge in [0.15, 0.2) is 5.11 Å². The molecule has 0 fully saturated rings. The largest absolute Gasteiger partial charge is 0.467 e. The molecule has 130 valence electrons. The number of rotatable bonds is 5. The van der Waals surface area contributed by atoms with Crippen molar-refractivity contribution in [2.75, 3.05) is 5.32 Å². The van der Waals surface area contributed by atoms with Crippen LogP contribution in [-0.4, -0.2) is 10.0 Å². The van der Waals surface area contributed by atoms with Gasteiger partial charge in [-0.05, 0) is 60.9 Å². The van der Waals surface area contributed by atoms with Crippen LogP contribution >= 0.6 is 46.8 Å². The molecule has 3 rings (SSSR count). The van der Waals surface area contributed by atoms with Crippen molar-refractivity contribution < 1.29 is 4.42 Å². The summed E-state index contributed by atoms with van der Waals surface area (Å²) < 4.78 is 5.50. The molecule has 1 N–H and O–H groups in total. The number of halogens is 2. The number of benzene rings is 1. The van der Waals surface area contributed by atoms with Crippen LogP contribution < -0.4 is 5.32 Å². The number of thiophene rings is 1. The average Bonchev–Trinajstić information content (AvgIpc) is 3.24. The second kappa shape index (κ2) is 8.23. The Morgan fingerprint density at radius 1 is 1.24 bits per heavy atom. The number of hydrogen-bond acceptors (Lipinski definition) is 3. The lowest BCUT2D eigenvalue weighted by Crippen LogP contribution is -2.36. The maximum atomic E-state index is 6.08. The zero-order valence-corrected chi connectivity index (χ0v) is 16.6. The minimum absolute atomic E-state index is 0.0970. The first kappa shape index (κ1) is 18.3. The van der Waals surface area contributed by atoms with Crippen molar-refractivity contribution in [2.45, 2.75) is 19.5 Å². The number of anilines is 1. The third kappa shape index (κ3) is 4.76. The van der Waals surface area contributed by atoms with E-state index in [0.717, 1.165) is 11.4 Å². The first-order chi connectivity index (χ1) is 12.0. The molecule has 2 heterocycles. The van der Waals surface area contributed by atoms with Crippen molar-refractivity contribution in [3.05, 3.63) is 74.8 Å². The fraction of sp³-hybridized carbons (Fsp3) is 0.167. The van der Waals surface area contributed by atoms with Crippen molar-refractivity contribution >= 4 is 57.6 Å². The highest BCUT2D eigenvalue weighted by Gasteiger charge is 2.21. The van der Waals surface area contributed by atoms with Crippen LogP contribution in [0.1, 0.15) is 23.6 Å². The van der Waals surface area contributed by atoms with E-state index in [0.29, 0.717) is 21.7 Å². The molecule has 0 aliphatic carbocycles. The summed E-state index contributed by atoms with van der Waals surface area (Å²) in [5.74, 6) is 0.844. The molecule has 3 aromatic rings. The van der Waals surface area contributed by atoms with E-state index in [2.05, 4.69) is 28.6 Å². The molecule has 1 atom stereocenters. The van der Waals surface area contributed by atoms with Crippen LogP contribution in [0.5, 0.6) is 0 Å². The van der Waals surface area contributed by atoms with Gasteiger partial charge in [0.25, 0.3) is 0 Å². The molecular weight excluding hydrogens is 395 g/mol. The van der Waals surface area contributed by atoms with Crippen molar-refractivity contribution in [1.82, 2.24) is 4.90 Å². The fourth-order valence-corrected chi connectivity index (χ4v) is 4.12. The monoisotopic (exact) mass is 410 g/mol. The Morgan fingerprint density at radius 2 is 2.00 bits per heavy atom. The number of hydrogen-bond donors (Lipinski definition) is 1. The van der Waals surface area contributed by atoms with Crippen LogP contribution in [0.4, 0.5) is 5.69 Å². The molecule has 7 heteroatoms. The summed E-state index contributed by atoms with van der Waals surface area (Å²) in [4.78, 5) is 3.30. The third-order valence-corrected chi connectivity index (χ3v) is 5.52. The molecular formula is C18H16Cl2N2OS2. The van der Waals surface area contributed by atoms with E-state index in [-0.39, 0.29) is 6.04 Å². The van der Waals surface area contributed by atoms with Gasteiger partial charge in [-0.2, -0.15) is 0 Å². The third-order valence-electron chi connectivity index (χ3n) is 3.70. The molecule has 25 heavy (non-hydrogen) atoms. The molecule has 1 unspecified atom stereocenters. The highest BCUT2D eigenvalue weighted by molar-refractivity contribution is 7.80. The molecule has 0 radical (unpaired) electrons. The lowest BCUT2D eigenvalue weighted by atomic mass is 10.2. The predicted octanol–water partition coefficient (Wildman–Crippen LogP) is 6.61. The van der Waals surface area contributed by atoms with E-state index < -0.39 is 0 Å². The van der Waals surface area contributed by atoms with E-state index in [1.54, 1.807) is 35.8 Å². The summed E-state index contributed by atoms with van der Waals surface area (Å²) in [5, 5.41) is 6.98. The highest BCUT2D eigenvalue weighted by Crippen LogP contribution is 2.28. The second-order valence-electron chi connectivity index (χ2n) is 5.49. The molecule has 1 aromatic carbocycles. The maximum absolute atomic E-state index is 6.08. The molecule has 2 aromatic heterocycles. The summed E-state index contributed by atoms with van der Waals surface area (Å²) in [6.45, 7) is 2.68. The van der Waals surface area contributed by atoms with Crippen molar-refractivity contribution in [3.63, 3.8) is 0 Å². The Morgan fingerprint density at radius 3 is 2.60 bits per heavy atom.